The highest BCUT2D eigenvalue weighted by Crippen LogP contribution is 2.29. The number of hydrogen-bond donors (Lipinski definition) is 2. The largest absolute Gasteiger partial charge is 0.385 e. The number of methoxy groups -OCH3 is 1. The SMILES string of the molecule is COCCCNC(=O)c1cc(S(N)(=O)=O)cc(Cl)c1Cl. The lowest BCUT2D eigenvalue weighted by Crippen LogP contribution is -2.26. The van der Waals surface area contributed by atoms with Crippen molar-refractivity contribution in [1.29, 1.82) is 0 Å². The van der Waals surface area contributed by atoms with Crippen LogP contribution < -0.4 is 10.5 Å². The molecule has 112 valence electrons. The molecule has 1 aromatic carbocycles. The normalized spacial score (nSPS) is 11.4. The molecule has 0 aliphatic carbocycles. The van der Waals surface area contributed by atoms with Crippen molar-refractivity contribution in [3.63, 3.8) is 0 Å². The summed E-state index contributed by atoms with van der Waals surface area (Å²) in [7, 11) is -2.42. The van der Waals surface area contributed by atoms with E-state index in [9.17, 15) is 13.2 Å². The van der Waals surface area contributed by atoms with E-state index < -0.39 is 15.9 Å². The zero-order chi connectivity index (χ0) is 15.3. The predicted molar refractivity (Wildman–Crippen MR) is 76.7 cm³/mol. The van der Waals surface area contributed by atoms with Gasteiger partial charge in [-0.05, 0) is 18.6 Å². The molecular weight excluding hydrogens is 327 g/mol. The highest BCUT2D eigenvalue weighted by molar-refractivity contribution is 7.89. The molecule has 9 heteroatoms. The van der Waals surface area contributed by atoms with Crippen LogP contribution in [0.2, 0.25) is 10.0 Å². The zero-order valence-electron chi connectivity index (χ0n) is 10.7. The Hall–Kier alpha value is -0.860. The molecule has 0 heterocycles. The van der Waals surface area contributed by atoms with E-state index in [-0.39, 0.29) is 20.5 Å². The smallest absolute Gasteiger partial charge is 0.252 e. The number of benzene rings is 1. The Bertz CT molecular complexity index is 605. The lowest BCUT2D eigenvalue weighted by Gasteiger charge is -2.09. The number of halogens is 2. The molecule has 0 saturated carbocycles. The van der Waals surface area contributed by atoms with Crippen LogP contribution in [0, 0.1) is 0 Å². The quantitative estimate of drug-likeness (QED) is 0.764. The Morgan fingerprint density at radius 2 is 2.05 bits per heavy atom. The van der Waals surface area contributed by atoms with Crippen molar-refractivity contribution in [2.75, 3.05) is 20.3 Å². The molecule has 3 N–H and O–H groups in total. The van der Waals surface area contributed by atoms with Gasteiger partial charge in [-0.1, -0.05) is 23.2 Å². The second-order valence-corrected chi connectivity index (χ2v) is 6.26. The van der Waals surface area contributed by atoms with Gasteiger partial charge >= 0.3 is 0 Å². The van der Waals surface area contributed by atoms with Crippen molar-refractivity contribution in [1.82, 2.24) is 5.32 Å². The summed E-state index contributed by atoms with van der Waals surface area (Å²) in [4.78, 5) is 11.7. The molecule has 0 saturated heterocycles. The molecule has 0 fully saturated rings. The van der Waals surface area contributed by atoms with E-state index in [1.54, 1.807) is 7.11 Å². The predicted octanol–water partition coefficient (Wildman–Crippen LogP) is 1.41. The first kappa shape index (κ1) is 17.2. The molecule has 0 aliphatic rings. The molecule has 0 unspecified atom stereocenters. The monoisotopic (exact) mass is 340 g/mol. The van der Waals surface area contributed by atoms with Crippen molar-refractivity contribution in [2.45, 2.75) is 11.3 Å². The van der Waals surface area contributed by atoms with Gasteiger partial charge in [-0.15, -0.1) is 0 Å². The number of carbonyl (C=O) groups is 1. The Morgan fingerprint density at radius 1 is 1.40 bits per heavy atom. The van der Waals surface area contributed by atoms with Gasteiger partial charge in [0, 0.05) is 20.3 Å². The number of hydrogen-bond acceptors (Lipinski definition) is 4. The molecule has 0 bridgehead atoms. The number of rotatable bonds is 6. The highest BCUT2D eigenvalue weighted by atomic mass is 35.5. The fourth-order valence-electron chi connectivity index (χ4n) is 1.41. The number of primary sulfonamides is 1. The van der Waals surface area contributed by atoms with E-state index in [2.05, 4.69) is 5.32 Å². The summed E-state index contributed by atoms with van der Waals surface area (Å²) >= 11 is 11.7. The lowest BCUT2D eigenvalue weighted by molar-refractivity contribution is 0.0948. The maximum atomic E-state index is 11.9. The summed E-state index contributed by atoms with van der Waals surface area (Å²) in [6.07, 6.45) is 0.614. The van der Waals surface area contributed by atoms with Crippen molar-refractivity contribution in [3.05, 3.63) is 27.7 Å². The zero-order valence-corrected chi connectivity index (χ0v) is 13.0. The minimum absolute atomic E-state index is 0.0247. The van der Waals surface area contributed by atoms with E-state index in [0.717, 1.165) is 12.1 Å². The summed E-state index contributed by atoms with van der Waals surface area (Å²) in [5.74, 6) is -0.529. The molecular formula is C11H14Cl2N2O4S. The molecule has 1 rings (SSSR count). The molecule has 0 radical (unpaired) electrons. The average Bonchev–Trinajstić information content (AvgIpc) is 2.36. The molecule has 6 nitrogen and oxygen atoms in total. The van der Waals surface area contributed by atoms with Crippen LogP contribution in [0.1, 0.15) is 16.8 Å². The van der Waals surface area contributed by atoms with Crippen molar-refractivity contribution >= 4 is 39.1 Å². The summed E-state index contributed by atoms with van der Waals surface area (Å²) in [6.45, 7) is 0.853. The van der Waals surface area contributed by atoms with Gasteiger partial charge in [-0.3, -0.25) is 4.79 Å². The Kier molecular flexibility index (Phi) is 6.22. The number of amides is 1. The van der Waals surface area contributed by atoms with Gasteiger partial charge in [0.1, 0.15) is 0 Å². The third kappa shape index (κ3) is 4.60. The molecule has 0 spiro atoms. The number of carbonyl (C=O) groups excluding carboxylic acids is 1. The number of nitrogens with one attached hydrogen (secondary N) is 1. The number of sulfonamides is 1. The third-order valence-corrected chi connectivity index (χ3v) is 4.08. The summed E-state index contributed by atoms with van der Waals surface area (Å²) in [5.41, 5.74) is -0.0411. The van der Waals surface area contributed by atoms with Crippen LogP contribution in [0.15, 0.2) is 17.0 Å². The lowest BCUT2D eigenvalue weighted by atomic mass is 10.2. The van der Waals surface area contributed by atoms with Gasteiger partial charge in [-0.25, -0.2) is 13.6 Å². The molecule has 1 aromatic rings. The average molecular weight is 341 g/mol. The van der Waals surface area contributed by atoms with E-state index in [1.165, 1.54) is 0 Å². The molecule has 20 heavy (non-hydrogen) atoms. The molecule has 0 atom stereocenters. The first-order valence-electron chi connectivity index (χ1n) is 5.56. The van der Waals surface area contributed by atoms with Crippen LogP contribution in [-0.4, -0.2) is 34.6 Å². The van der Waals surface area contributed by atoms with E-state index >= 15 is 0 Å². The topological polar surface area (TPSA) is 98.5 Å². The van der Waals surface area contributed by atoms with Gasteiger partial charge in [0.25, 0.3) is 5.91 Å². The fourth-order valence-corrected chi connectivity index (χ4v) is 2.45. The van der Waals surface area contributed by atoms with Crippen molar-refractivity contribution < 1.29 is 17.9 Å². The van der Waals surface area contributed by atoms with Crippen LogP contribution in [0.3, 0.4) is 0 Å². The maximum Gasteiger partial charge on any atom is 0.252 e. The van der Waals surface area contributed by atoms with Crippen LogP contribution in [0.25, 0.3) is 0 Å². The van der Waals surface area contributed by atoms with E-state index in [1.807, 2.05) is 0 Å². The third-order valence-electron chi connectivity index (χ3n) is 2.39. The second kappa shape index (κ2) is 7.24. The molecule has 0 aliphatic heterocycles. The second-order valence-electron chi connectivity index (χ2n) is 3.91. The highest BCUT2D eigenvalue weighted by Gasteiger charge is 2.18. The van der Waals surface area contributed by atoms with Gasteiger partial charge in [0.05, 0.1) is 20.5 Å². The molecule has 0 aromatic heterocycles. The number of ether oxygens (including phenoxy) is 1. The minimum atomic E-state index is -3.97. The number of nitrogens with two attached hydrogens (primary N) is 1. The van der Waals surface area contributed by atoms with Crippen LogP contribution in [0.4, 0.5) is 0 Å². The molecule has 1 amide bonds. The summed E-state index contributed by atoms with van der Waals surface area (Å²) < 4.78 is 27.4. The van der Waals surface area contributed by atoms with Gasteiger partial charge in [0.2, 0.25) is 10.0 Å². The van der Waals surface area contributed by atoms with Gasteiger partial charge in [-0.2, -0.15) is 0 Å². The standard InChI is InChI=1S/C11H14Cl2N2O4S/c1-19-4-2-3-15-11(16)8-5-7(20(14,17)18)6-9(12)10(8)13/h5-6H,2-4H2,1H3,(H,15,16)(H2,14,17,18). The Balaban J connectivity index is 2.99. The van der Waals surface area contributed by atoms with Crippen molar-refractivity contribution in [2.24, 2.45) is 5.14 Å². The first-order valence-corrected chi connectivity index (χ1v) is 7.86. The van der Waals surface area contributed by atoms with Gasteiger partial charge in [0.15, 0.2) is 0 Å². The van der Waals surface area contributed by atoms with Gasteiger partial charge < -0.3 is 10.1 Å². The first-order chi connectivity index (χ1) is 9.27. The Labute approximate surface area is 127 Å². The van der Waals surface area contributed by atoms with E-state index in [0.29, 0.717) is 19.6 Å². The van der Waals surface area contributed by atoms with Crippen LogP contribution >= 0.6 is 23.2 Å². The maximum absolute atomic E-state index is 11.9. The fraction of sp³-hybridized carbons (Fsp3) is 0.364. The summed E-state index contributed by atoms with van der Waals surface area (Å²) in [6, 6.07) is 2.19. The van der Waals surface area contributed by atoms with Crippen LogP contribution in [0.5, 0.6) is 0 Å². The Morgan fingerprint density at radius 3 is 2.60 bits per heavy atom. The van der Waals surface area contributed by atoms with Crippen molar-refractivity contribution in [3.8, 4) is 0 Å². The van der Waals surface area contributed by atoms with Crippen LogP contribution in [-0.2, 0) is 14.8 Å². The minimum Gasteiger partial charge on any atom is -0.385 e. The van der Waals surface area contributed by atoms with E-state index in [4.69, 9.17) is 33.1 Å². The summed E-state index contributed by atoms with van der Waals surface area (Å²) in [5, 5.41) is 7.51.